The zero-order valence-corrected chi connectivity index (χ0v) is 17.4. The van der Waals surface area contributed by atoms with Gasteiger partial charge in [-0.15, -0.1) is 0 Å². The van der Waals surface area contributed by atoms with E-state index in [9.17, 15) is 0 Å². The van der Waals surface area contributed by atoms with Gasteiger partial charge in [0.2, 0.25) is 5.89 Å². The second kappa shape index (κ2) is 11.9. The number of unbranched alkanes of at least 4 members (excludes halogenated alkanes) is 2. The van der Waals surface area contributed by atoms with E-state index in [1.807, 2.05) is 13.8 Å². The van der Waals surface area contributed by atoms with Crippen LogP contribution in [-0.2, 0) is 11.3 Å². The Labute approximate surface area is 158 Å². The van der Waals surface area contributed by atoms with Crippen LogP contribution >= 0.6 is 0 Å². The number of rotatable bonds is 12. The maximum Gasteiger partial charge on any atom is 0.248 e. The van der Waals surface area contributed by atoms with Gasteiger partial charge in [-0.3, -0.25) is 0 Å². The standard InChI is InChI=1S/C19H37N5O2/c1-7-10-11-12-19(5,6)14-22-18(20-8-2)21-13-16-23-17(24-26-16)15(4)25-9-3/h15H,7-14H2,1-6H3,(H2,20,21,22). The van der Waals surface area contributed by atoms with Gasteiger partial charge in [0, 0.05) is 19.7 Å². The van der Waals surface area contributed by atoms with Gasteiger partial charge in [0.15, 0.2) is 11.8 Å². The van der Waals surface area contributed by atoms with Gasteiger partial charge in [0.05, 0.1) is 0 Å². The largest absolute Gasteiger partial charge is 0.371 e. The smallest absolute Gasteiger partial charge is 0.248 e. The molecule has 7 heteroatoms. The molecule has 1 aromatic rings. The van der Waals surface area contributed by atoms with E-state index in [1.54, 1.807) is 0 Å². The average Bonchev–Trinajstić information content (AvgIpc) is 3.07. The third-order valence-electron chi connectivity index (χ3n) is 4.17. The molecule has 1 aromatic heterocycles. The number of nitrogens with zero attached hydrogens (tertiary/aromatic N) is 3. The molecule has 0 fully saturated rings. The minimum Gasteiger partial charge on any atom is -0.371 e. The van der Waals surface area contributed by atoms with Crippen molar-refractivity contribution in [2.45, 2.75) is 79.9 Å². The van der Waals surface area contributed by atoms with E-state index < -0.39 is 0 Å². The van der Waals surface area contributed by atoms with Gasteiger partial charge in [-0.2, -0.15) is 4.98 Å². The summed E-state index contributed by atoms with van der Waals surface area (Å²) in [6, 6.07) is 0. The Morgan fingerprint density at radius 2 is 2.00 bits per heavy atom. The van der Waals surface area contributed by atoms with Crippen LogP contribution in [0, 0.1) is 5.41 Å². The SMILES string of the molecule is CCCCCC(C)(C)CNC(=NCc1nc(C(C)OCC)no1)NCC. The fraction of sp³-hybridized carbons (Fsp3) is 0.842. The van der Waals surface area contributed by atoms with Crippen molar-refractivity contribution in [2.24, 2.45) is 10.4 Å². The first kappa shape index (κ1) is 22.4. The summed E-state index contributed by atoms with van der Waals surface area (Å²) in [5, 5.41) is 10.7. The lowest BCUT2D eigenvalue weighted by Gasteiger charge is -2.26. The normalized spacial score (nSPS) is 13.7. The molecule has 0 saturated carbocycles. The highest BCUT2D eigenvalue weighted by Gasteiger charge is 2.18. The van der Waals surface area contributed by atoms with Crippen LogP contribution in [0.1, 0.15) is 85.0 Å². The number of hydrogen-bond donors (Lipinski definition) is 2. The Kier molecular flexibility index (Phi) is 10.2. The lowest BCUT2D eigenvalue weighted by atomic mass is 9.87. The molecule has 0 aliphatic carbocycles. The summed E-state index contributed by atoms with van der Waals surface area (Å²) < 4.78 is 10.7. The molecular weight excluding hydrogens is 330 g/mol. The molecule has 0 aliphatic heterocycles. The molecule has 1 rings (SSSR count). The number of guanidine groups is 1. The summed E-state index contributed by atoms with van der Waals surface area (Å²) in [5.41, 5.74) is 0.232. The summed E-state index contributed by atoms with van der Waals surface area (Å²) in [7, 11) is 0. The molecule has 2 N–H and O–H groups in total. The lowest BCUT2D eigenvalue weighted by Crippen LogP contribution is -2.42. The molecule has 0 aromatic carbocycles. The van der Waals surface area contributed by atoms with Crippen LogP contribution in [0.2, 0.25) is 0 Å². The van der Waals surface area contributed by atoms with Gasteiger partial charge < -0.3 is 19.9 Å². The first-order chi connectivity index (χ1) is 12.4. The second-order valence-corrected chi connectivity index (χ2v) is 7.31. The van der Waals surface area contributed by atoms with Crippen LogP contribution in [0.15, 0.2) is 9.52 Å². The van der Waals surface area contributed by atoms with Crippen LogP contribution in [0.25, 0.3) is 0 Å². The third-order valence-corrected chi connectivity index (χ3v) is 4.17. The predicted octanol–water partition coefficient (Wildman–Crippen LogP) is 3.83. The maximum absolute atomic E-state index is 5.48. The molecule has 26 heavy (non-hydrogen) atoms. The van der Waals surface area contributed by atoms with Crippen LogP contribution in [-0.4, -0.2) is 35.8 Å². The predicted molar refractivity (Wildman–Crippen MR) is 105 cm³/mol. The molecule has 0 saturated heterocycles. The van der Waals surface area contributed by atoms with Crippen molar-refractivity contribution in [3.8, 4) is 0 Å². The average molecular weight is 368 g/mol. The van der Waals surface area contributed by atoms with E-state index in [0.717, 1.165) is 19.0 Å². The highest BCUT2D eigenvalue weighted by molar-refractivity contribution is 5.79. The van der Waals surface area contributed by atoms with Gasteiger partial charge >= 0.3 is 0 Å². The fourth-order valence-corrected chi connectivity index (χ4v) is 2.58. The summed E-state index contributed by atoms with van der Waals surface area (Å²) in [4.78, 5) is 8.91. The summed E-state index contributed by atoms with van der Waals surface area (Å²) in [5.74, 6) is 1.83. The second-order valence-electron chi connectivity index (χ2n) is 7.31. The highest BCUT2D eigenvalue weighted by Crippen LogP contribution is 2.22. The molecule has 1 heterocycles. The number of hydrogen-bond acceptors (Lipinski definition) is 5. The van der Waals surface area contributed by atoms with E-state index in [1.165, 1.54) is 25.7 Å². The van der Waals surface area contributed by atoms with Gasteiger partial charge in [-0.05, 0) is 32.6 Å². The number of aliphatic imine (C=N–C) groups is 1. The molecule has 1 atom stereocenters. The molecule has 0 bridgehead atoms. The van der Waals surface area contributed by atoms with E-state index in [-0.39, 0.29) is 11.5 Å². The van der Waals surface area contributed by atoms with E-state index in [2.05, 4.69) is 53.5 Å². The van der Waals surface area contributed by atoms with Crippen molar-refractivity contribution in [3.63, 3.8) is 0 Å². The summed E-state index contributed by atoms with van der Waals surface area (Å²) in [6.45, 7) is 15.4. The monoisotopic (exact) mass is 367 g/mol. The zero-order valence-electron chi connectivity index (χ0n) is 17.4. The third kappa shape index (κ3) is 8.65. The lowest BCUT2D eigenvalue weighted by molar-refractivity contribution is 0.0683. The molecule has 7 nitrogen and oxygen atoms in total. The van der Waals surface area contributed by atoms with Crippen molar-refractivity contribution in [1.82, 2.24) is 20.8 Å². The topological polar surface area (TPSA) is 84.6 Å². The number of ether oxygens (including phenoxy) is 1. The molecular formula is C19H37N5O2. The summed E-state index contributed by atoms with van der Waals surface area (Å²) >= 11 is 0. The Morgan fingerprint density at radius 3 is 2.65 bits per heavy atom. The van der Waals surface area contributed by atoms with Crippen molar-refractivity contribution in [2.75, 3.05) is 19.7 Å². The van der Waals surface area contributed by atoms with Crippen molar-refractivity contribution in [3.05, 3.63) is 11.7 Å². The molecule has 150 valence electrons. The van der Waals surface area contributed by atoms with E-state index in [4.69, 9.17) is 9.26 Å². The Balaban J connectivity index is 2.57. The molecule has 0 spiro atoms. The minimum absolute atomic E-state index is 0.170. The van der Waals surface area contributed by atoms with Crippen LogP contribution < -0.4 is 10.6 Å². The Hall–Kier alpha value is -1.63. The van der Waals surface area contributed by atoms with Crippen LogP contribution in [0.3, 0.4) is 0 Å². The maximum atomic E-state index is 5.48. The molecule has 0 amide bonds. The van der Waals surface area contributed by atoms with Crippen LogP contribution in [0.5, 0.6) is 0 Å². The molecule has 1 unspecified atom stereocenters. The van der Waals surface area contributed by atoms with E-state index >= 15 is 0 Å². The van der Waals surface area contributed by atoms with E-state index in [0.29, 0.717) is 24.9 Å². The number of nitrogens with one attached hydrogen (secondary N) is 2. The minimum atomic E-state index is -0.170. The first-order valence-electron chi connectivity index (χ1n) is 9.88. The first-order valence-corrected chi connectivity index (χ1v) is 9.88. The fourth-order valence-electron chi connectivity index (χ4n) is 2.58. The molecule has 0 aliphatic rings. The van der Waals surface area contributed by atoms with Crippen molar-refractivity contribution < 1.29 is 9.26 Å². The quantitative estimate of drug-likeness (QED) is 0.332. The van der Waals surface area contributed by atoms with Crippen LogP contribution in [0.4, 0.5) is 0 Å². The van der Waals surface area contributed by atoms with Crippen molar-refractivity contribution >= 4 is 5.96 Å². The Morgan fingerprint density at radius 1 is 1.23 bits per heavy atom. The van der Waals surface area contributed by atoms with Gasteiger partial charge in [-0.1, -0.05) is 45.2 Å². The zero-order chi connectivity index (χ0) is 19.4. The van der Waals surface area contributed by atoms with Gasteiger partial charge in [-0.25, -0.2) is 4.99 Å². The number of aromatic nitrogens is 2. The van der Waals surface area contributed by atoms with Crippen molar-refractivity contribution in [1.29, 1.82) is 0 Å². The summed E-state index contributed by atoms with van der Waals surface area (Å²) in [6.07, 6.45) is 4.84. The molecule has 0 radical (unpaired) electrons. The highest BCUT2D eigenvalue weighted by atomic mass is 16.5. The Bertz CT molecular complexity index is 528. The van der Waals surface area contributed by atoms with Gasteiger partial charge in [0.25, 0.3) is 0 Å². The van der Waals surface area contributed by atoms with Gasteiger partial charge in [0.1, 0.15) is 12.6 Å².